The topological polar surface area (TPSA) is 55.1 Å². The lowest BCUT2D eigenvalue weighted by molar-refractivity contribution is -0.181. The fourth-order valence-corrected chi connectivity index (χ4v) is 3.62. The first kappa shape index (κ1) is 26.0. The Kier molecular flexibility index (Phi) is 10.4. The van der Waals surface area contributed by atoms with Crippen molar-refractivity contribution in [3.8, 4) is 0 Å². The third-order valence-corrected chi connectivity index (χ3v) is 5.16. The van der Waals surface area contributed by atoms with Crippen LogP contribution < -0.4 is 0 Å². The molecule has 0 spiro atoms. The van der Waals surface area contributed by atoms with Crippen molar-refractivity contribution in [3.05, 3.63) is 29.5 Å². The molecule has 4 rings (SSSR count). The molecule has 0 amide bonds. The Morgan fingerprint density at radius 3 is 2.03 bits per heavy atom. The van der Waals surface area contributed by atoms with E-state index in [9.17, 15) is 18.0 Å². The molecule has 170 valence electrons. The predicted molar refractivity (Wildman–Crippen MR) is 115 cm³/mol. The first-order chi connectivity index (χ1) is 14.3. The number of carboxylic acid groups (broad SMARTS) is 1. The van der Waals surface area contributed by atoms with Gasteiger partial charge < -0.3 is 5.11 Å². The molecule has 2 aliphatic carbocycles. The first-order valence-electron chi connectivity index (χ1n) is 11.0. The number of alkyl halides is 3. The monoisotopic (exact) mass is 428 g/mol. The Morgan fingerprint density at radius 1 is 1.03 bits per heavy atom. The van der Waals surface area contributed by atoms with Crippen LogP contribution in [0.4, 0.5) is 13.2 Å². The lowest BCUT2D eigenvalue weighted by Gasteiger charge is -2.23. The van der Waals surface area contributed by atoms with Crippen LogP contribution in [0.5, 0.6) is 0 Å². The van der Waals surface area contributed by atoms with E-state index in [-0.39, 0.29) is 0 Å². The maximum atomic E-state index is 11.9. The molecule has 0 bridgehead atoms. The molecule has 0 aliphatic heterocycles. The summed E-state index contributed by atoms with van der Waals surface area (Å²) in [6, 6.07) is 5.17. The third-order valence-electron chi connectivity index (χ3n) is 5.16. The van der Waals surface area contributed by atoms with Gasteiger partial charge in [0.1, 0.15) is 0 Å². The molecule has 1 heterocycles. The van der Waals surface area contributed by atoms with Crippen LogP contribution in [0.2, 0.25) is 0 Å². The average molecular weight is 429 g/mol. The highest BCUT2D eigenvalue weighted by molar-refractivity contribution is 5.94. The van der Waals surface area contributed by atoms with Crippen LogP contribution in [0.25, 0.3) is 10.9 Å². The van der Waals surface area contributed by atoms with Gasteiger partial charge in [0.15, 0.2) is 0 Å². The van der Waals surface area contributed by atoms with Crippen molar-refractivity contribution in [1.29, 1.82) is 0 Å². The van der Waals surface area contributed by atoms with Crippen LogP contribution in [0, 0.1) is 5.92 Å². The molecular weight excluding hydrogens is 393 g/mol. The molecule has 2 aliphatic rings. The minimum atomic E-state index is -3.93. The van der Waals surface area contributed by atoms with Crippen LogP contribution in [-0.4, -0.2) is 27.0 Å². The van der Waals surface area contributed by atoms with Gasteiger partial charge in [-0.2, -0.15) is 18.3 Å². The number of nitrogens with zero attached hydrogens (tertiary/aromatic N) is 2. The van der Waals surface area contributed by atoms with E-state index >= 15 is 0 Å². The molecular formula is C23H35F3N2O2. The zero-order chi connectivity index (χ0) is 22.9. The summed E-state index contributed by atoms with van der Waals surface area (Å²) in [6.07, 6.45) is 1.69. The number of aryl methyl sites for hydroxylation is 1. The highest BCUT2D eigenvalue weighted by Gasteiger charge is 2.39. The summed E-state index contributed by atoms with van der Waals surface area (Å²) >= 11 is 0. The molecule has 2 saturated carbocycles. The number of carbonyl (C=O) groups is 1. The van der Waals surface area contributed by atoms with E-state index in [4.69, 9.17) is 5.11 Å². The van der Waals surface area contributed by atoms with E-state index in [1.54, 1.807) is 12.1 Å². The lowest BCUT2D eigenvalue weighted by atomic mass is 9.89. The van der Waals surface area contributed by atoms with Crippen LogP contribution in [0.1, 0.15) is 94.6 Å². The van der Waals surface area contributed by atoms with Crippen molar-refractivity contribution >= 4 is 16.9 Å². The molecule has 0 unspecified atom stereocenters. The van der Waals surface area contributed by atoms with Crippen molar-refractivity contribution in [3.63, 3.8) is 0 Å². The van der Waals surface area contributed by atoms with Gasteiger partial charge in [0.05, 0.1) is 17.0 Å². The zero-order valence-electron chi connectivity index (χ0n) is 18.7. The molecule has 1 aromatic carbocycles. The molecule has 0 radical (unpaired) electrons. The average Bonchev–Trinajstić information content (AvgIpc) is 3.52. The Bertz CT molecular complexity index is 790. The molecule has 1 aromatic heterocycles. The minimum Gasteiger partial charge on any atom is -0.478 e. The van der Waals surface area contributed by atoms with Gasteiger partial charge in [-0.3, -0.25) is 4.68 Å². The maximum absolute atomic E-state index is 11.9. The number of aromatic nitrogens is 2. The van der Waals surface area contributed by atoms with E-state index in [2.05, 4.69) is 5.10 Å². The zero-order valence-corrected chi connectivity index (χ0v) is 18.7. The second-order valence-electron chi connectivity index (χ2n) is 7.20. The number of rotatable bonds is 2. The van der Waals surface area contributed by atoms with Crippen molar-refractivity contribution in [2.45, 2.75) is 84.7 Å². The van der Waals surface area contributed by atoms with E-state index in [1.165, 1.54) is 18.5 Å². The number of fused-ring (bicyclic) bond motifs is 1. The first-order valence-corrected chi connectivity index (χ1v) is 11.0. The summed E-state index contributed by atoms with van der Waals surface area (Å²) < 4.78 is 37.7. The van der Waals surface area contributed by atoms with Gasteiger partial charge in [0.2, 0.25) is 0 Å². The predicted octanol–water partition coefficient (Wildman–Crippen LogP) is 7.33. The molecule has 4 nitrogen and oxygen atoms in total. The molecule has 2 aromatic rings. The summed E-state index contributed by atoms with van der Waals surface area (Å²) in [7, 11) is 1.92. The van der Waals surface area contributed by atoms with Gasteiger partial charge in [-0.1, -0.05) is 53.0 Å². The number of hydrogen-bond donors (Lipinski definition) is 1. The normalized spacial score (nSPS) is 16.4. The van der Waals surface area contributed by atoms with Crippen molar-refractivity contribution < 1.29 is 23.1 Å². The largest absolute Gasteiger partial charge is 0.478 e. The van der Waals surface area contributed by atoms with E-state index in [1.807, 2.05) is 45.5 Å². The summed E-state index contributed by atoms with van der Waals surface area (Å²) in [5, 5.41) is 14.4. The number of halogens is 3. The highest BCUT2D eigenvalue weighted by Crippen LogP contribution is 2.43. The highest BCUT2D eigenvalue weighted by atomic mass is 19.4. The van der Waals surface area contributed by atoms with E-state index in [0.717, 1.165) is 30.2 Å². The maximum Gasteiger partial charge on any atom is 0.391 e. The van der Waals surface area contributed by atoms with Gasteiger partial charge >= 0.3 is 12.1 Å². The van der Waals surface area contributed by atoms with Crippen LogP contribution >= 0.6 is 0 Å². The smallest absolute Gasteiger partial charge is 0.391 e. The van der Waals surface area contributed by atoms with Crippen molar-refractivity contribution in [1.82, 2.24) is 9.78 Å². The van der Waals surface area contributed by atoms with Crippen molar-refractivity contribution in [2.24, 2.45) is 13.0 Å². The van der Waals surface area contributed by atoms with Crippen molar-refractivity contribution in [2.75, 3.05) is 0 Å². The second kappa shape index (κ2) is 12.0. The lowest BCUT2D eigenvalue weighted by Crippen LogP contribution is -2.24. The van der Waals surface area contributed by atoms with Gasteiger partial charge in [-0.05, 0) is 37.8 Å². The van der Waals surface area contributed by atoms with Gasteiger partial charge in [-0.25, -0.2) is 4.79 Å². The fraction of sp³-hybridized carbons (Fsp3) is 0.652. The van der Waals surface area contributed by atoms with Gasteiger partial charge in [0.25, 0.3) is 0 Å². The summed E-state index contributed by atoms with van der Waals surface area (Å²) in [5.41, 5.74) is 2.32. The number of aromatic carboxylic acids is 1. The molecule has 7 heteroatoms. The molecule has 0 atom stereocenters. The quantitative estimate of drug-likeness (QED) is 0.545. The van der Waals surface area contributed by atoms with E-state index < -0.39 is 18.1 Å². The number of carboxylic acids is 1. The fourth-order valence-electron chi connectivity index (χ4n) is 3.62. The van der Waals surface area contributed by atoms with Crippen LogP contribution in [0.3, 0.4) is 0 Å². The second-order valence-corrected chi connectivity index (χ2v) is 7.20. The molecule has 1 N–H and O–H groups in total. The van der Waals surface area contributed by atoms with Gasteiger partial charge in [0, 0.05) is 24.0 Å². The Morgan fingerprint density at radius 2 is 1.60 bits per heavy atom. The Balaban J connectivity index is 0.000000279. The van der Waals surface area contributed by atoms with Gasteiger partial charge in [-0.15, -0.1) is 0 Å². The summed E-state index contributed by atoms with van der Waals surface area (Å²) in [5.74, 6) is -1.28. The Labute approximate surface area is 177 Å². The minimum absolute atomic E-state index is 0.299. The Hall–Kier alpha value is -2.05. The summed E-state index contributed by atoms with van der Waals surface area (Å²) in [6.45, 7) is 8.00. The molecule has 30 heavy (non-hydrogen) atoms. The van der Waals surface area contributed by atoms with E-state index in [0.29, 0.717) is 24.3 Å². The standard InChI is InChI=1S/C12H12N2O2.C7H11F3.2C2H6/c1-14-11(7-2-3-7)9-5-4-8(12(15)16)6-10(9)13-14;8-7(9,10)6-4-2-1-3-5-6;2*1-2/h4-7H,2-3H2,1H3,(H,15,16);6H,1-5H2;2*1-2H3. The van der Waals surface area contributed by atoms with Crippen LogP contribution in [0.15, 0.2) is 18.2 Å². The number of benzene rings is 1. The summed E-state index contributed by atoms with van der Waals surface area (Å²) in [4.78, 5) is 10.8. The number of hydrogen-bond acceptors (Lipinski definition) is 2. The SMILES string of the molecule is CC.CC.Cn1nc2cc(C(=O)O)ccc2c1C1CC1.FC(F)(F)C1CCCCC1. The molecule has 0 saturated heterocycles. The molecule has 2 fully saturated rings. The van der Waals surface area contributed by atoms with Crippen LogP contribution in [-0.2, 0) is 7.05 Å². The third kappa shape index (κ3) is 7.03.